The van der Waals surface area contributed by atoms with Crippen molar-refractivity contribution < 1.29 is 9.53 Å². The van der Waals surface area contributed by atoms with E-state index in [4.69, 9.17) is 4.74 Å². The Morgan fingerprint density at radius 3 is 2.62 bits per heavy atom. The van der Waals surface area contributed by atoms with E-state index in [-0.39, 0.29) is 12.2 Å². The van der Waals surface area contributed by atoms with Crippen LogP contribution in [0.15, 0.2) is 69.8 Å². The summed E-state index contributed by atoms with van der Waals surface area (Å²) in [5, 5.41) is 0. The van der Waals surface area contributed by atoms with E-state index in [0.29, 0.717) is 20.6 Å². The number of rotatable bonds is 5. The van der Waals surface area contributed by atoms with Crippen LogP contribution < -0.4 is 19.8 Å². The number of nitrogens with zero attached hydrogens (tertiary/aromatic N) is 4. The number of anilines is 1. The molecule has 3 heterocycles. The van der Waals surface area contributed by atoms with Gasteiger partial charge in [0.25, 0.3) is 5.56 Å². The summed E-state index contributed by atoms with van der Waals surface area (Å²) in [6.07, 6.45) is 5.18. The van der Waals surface area contributed by atoms with Crippen molar-refractivity contribution in [1.82, 2.24) is 9.55 Å². The van der Waals surface area contributed by atoms with E-state index in [9.17, 15) is 9.59 Å². The molecule has 32 heavy (non-hydrogen) atoms. The monoisotopic (exact) mass is 448 g/mol. The van der Waals surface area contributed by atoms with Crippen LogP contribution in [0.1, 0.15) is 31.0 Å². The average molecular weight is 449 g/mol. The lowest BCUT2D eigenvalue weighted by Crippen LogP contribution is -2.39. The molecule has 7 nitrogen and oxygen atoms in total. The molecule has 1 aromatic carbocycles. The number of pyridine rings is 1. The number of allylic oxidation sites excluding steroid dienone is 1. The molecule has 3 aromatic rings. The van der Waals surface area contributed by atoms with E-state index < -0.39 is 12.0 Å². The summed E-state index contributed by atoms with van der Waals surface area (Å²) in [5.74, 6) is -0.461. The fraction of sp³-hybridized carbons (Fsp3) is 0.250. The van der Waals surface area contributed by atoms with Crippen LogP contribution in [0.2, 0.25) is 0 Å². The van der Waals surface area contributed by atoms with E-state index in [2.05, 4.69) is 9.98 Å². The fourth-order valence-corrected chi connectivity index (χ4v) is 4.72. The van der Waals surface area contributed by atoms with Gasteiger partial charge in [0.05, 0.1) is 28.5 Å². The summed E-state index contributed by atoms with van der Waals surface area (Å²) in [6, 6.07) is 10.9. The minimum absolute atomic E-state index is 0.200. The maximum absolute atomic E-state index is 13.5. The van der Waals surface area contributed by atoms with Crippen LogP contribution in [0, 0.1) is 0 Å². The minimum atomic E-state index is -0.613. The van der Waals surface area contributed by atoms with Gasteiger partial charge in [0.15, 0.2) is 4.80 Å². The number of carbonyl (C=O) groups excluding carboxylic acids is 1. The second-order valence-electron chi connectivity index (χ2n) is 7.57. The van der Waals surface area contributed by atoms with Crippen molar-refractivity contribution in [2.24, 2.45) is 4.99 Å². The molecule has 164 valence electrons. The third kappa shape index (κ3) is 4.01. The van der Waals surface area contributed by atoms with Crippen molar-refractivity contribution in [2.45, 2.75) is 19.9 Å². The number of esters is 1. The van der Waals surface area contributed by atoms with Gasteiger partial charge >= 0.3 is 5.97 Å². The number of hydrogen-bond donors (Lipinski definition) is 0. The van der Waals surface area contributed by atoms with Gasteiger partial charge in [-0.3, -0.25) is 14.3 Å². The molecule has 0 bridgehead atoms. The third-order valence-electron chi connectivity index (χ3n) is 5.22. The Morgan fingerprint density at radius 2 is 2.00 bits per heavy atom. The van der Waals surface area contributed by atoms with Gasteiger partial charge in [-0.1, -0.05) is 29.5 Å². The average Bonchev–Trinajstić information content (AvgIpc) is 3.08. The second-order valence-corrected chi connectivity index (χ2v) is 8.58. The molecule has 0 saturated heterocycles. The molecular weight excluding hydrogens is 424 g/mol. The summed E-state index contributed by atoms with van der Waals surface area (Å²) in [4.78, 5) is 37.7. The van der Waals surface area contributed by atoms with E-state index in [1.54, 1.807) is 36.9 Å². The summed E-state index contributed by atoms with van der Waals surface area (Å²) in [6.45, 7) is 3.79. The minimum Gasteiger partial charge on any atom is -0.463 e. The molecule has 0 aliphatic carbocycles. The zero-order valence-corrected chi connectivity index (χ0v) is 19.2. The summed E-state index contributed by atoms with van der Waals surface area (Å²) >= 11 is 1.30. The SMILES string of the molecule is CCOC(=O)C1=C(C)N=c2s/c(=C/c3cccnc3)c(=O)n2C1c1ccc(N(C)C)cc1. The second kappa shape index (κ2) is 8.92. The van der Waals surface area contributed by atoms with E-state index in [1.807, 2.05) is 55.4 Å². The molecule has 8 heteroatoms. The first kappa shape index (κ1) is 21.7. The molecule has 0 radical (unpaired) electrons. The topological polar surface area (TPSA) is 76.8 Å². The lowest BCUT2D eigenvalue weighted by Gasteiger charge is -2.25. The molecule has 0 saturated carbocycles. The number of fused-ring (bicyclic) bond motifs is 1. The maximum atomic E-state index is 13.5. The molecule has 0 spiro atoms. The van der Waals surface area contributed by atoms with Gasteiger partial charge in [0.2, 0.25) is 0 Å². The quantitative estimate of drug-likeness (QED) is 0.560. The van der Waals surface area contributed by atoms with Crippen LogP contribution >= 0.6 is 11.3 Å². The maximum Gasteiger partial charge on any atom is 0.338 e. The van der Waals surface area contributed by atoms with Gasteiger partial charge in [0, 0.05) is 32.2 Å². The highest BCUT2D eigenvalue weighted by Gasteiger charge is 2.33. The number of carbonyl (C=O) groups is 1. The highest BCUT2D eigenvalue weighted by molar-refractivity contribution is 7.07. The number of hydrogen-bond acceptors (Lipinski definition) is 7. The van der Waals surface area contributed by atoms with Crippen molar-refractivity contribution in [3.63, 3.8) is 0 Å². The number of benzene rings is 1. The van der Waals surface area contributed by atoms with E-state index in [1.165, 1.54) is 11.3 Å². The standard InChI is InChI=1S/C24H24N4O3S/c1-5-31-23(30)20-15(2)26-24-28(21(20)17-8-10-18(11-9-17)27(3)4)22(29)19(32-24)13-16-7-6-12-25-14-16/h6-14,21H,5H2,1-4H3/b19-13+. The lowest BCUT2D eigenvalue weighted by atomic mass is 9.95. The van der Waals surface area contributed by atoms with Crippen molar-refractivity contribution in [3.05, 3.63) is 90.9 Å². The Balaban J connectivity index is 1.94. The van der Waals surface area contributed by atoms with Crippen LogP contribution in [0.5, 0.6) is 0 Å². The Morgan fingerprint density at radius 1 is 1.25 bits per heavy atom. The van der Waals surface area contributed by atoms with Crippen molar-refractivity contribution >= 4 is 29.1 Å². The number of thiazole rings is 1. The Labute approximate surface area is 189 Å². The molecule has 0 fully saturated rings. The zero-order chi connectivity index (χ0) is 22.8. The first-order chi connectivity index (χ1) is 15.4. The smallest absolute Gasteiger partial charge is 0.338 e. The summed E-state index contributed by atoms with van der Waals surface area (Å²) in [5.41, 5.74) is 3.40. The molecule has 2 aromatic heterocycles. The summed E-state index contributed by atoms with van der Waals surface area (Å²) in [7, 11) is 3.93. The molecule has 0 amide bonds. The van der Waals surface area contributed by atoms with Gasteiger partial charge in [-0.25, -0.2) is 9.79 Å². The van der Waals surface area contributed by atoms with Crippen LogP contribution in [0.4, 0.5) is 5.69 Å². The predicted octanol–water partition coefficient (Wildman–Crippen LogP) is 2.26. The van der Waals surface area contributed by atoms with Crippen LogP contribution in [-0.2, 0) is 9.53 Å². The third-order valence-corrected chi connectivity index (χ3v) is 6.21. The Bertz CT molecular complexity index is 1350. The first-order valence-electron chi connectivity index (χ1n) is 10.3. The molecular formula is C24H24N4O3S. The van der Waals surface area contributed by atoms with Gasteiger partial charge in [0.1, 0.15) is 0 Å². The normalized spacial score (nSPS) is 15.9. The van der Waals surface area contributed by atoms with Crippen molar-refractivity contribution in [3.8, 4) is 0 Å². The highest BCUT2D eigenvalue weighted by Crippen LogP contribution is 2.31. The first-order valence-corrected chi connectivity index (χ1v) is 11.1. The molecule has 1 aliphatic rings. The van der Waals surface area contributed by atoms with Gasteiger partial charge in [-0.05, 0) is 49.2 Å². The predicted molar refractivity (Wildman–Crippen MR) is 125 cm³/mol. The molecule has 1 unspecified atom stereocenters. The van der Waals surface area contributed by atoms with E-state index >= 15 is 0 Å². The highest BCUT2D eigenvalue weighted by atomic mass is 32.1. The van der Waals surface area contributed by atoms with E-state index in [0.717, 1.165) is 16.8 Å². The molecule has 4 rings (SSSR count). The van der Waals surface area contributed by atoms with Crippen LogP contribution in [-0.4, -0.2) is 36.2 Å². The van der Waals surface area contributed by atoms with Crippen LogP contribution in [0.3, 0.4) is 0 Å². The Hall–Kier alpha value is -3.52. The zero-order valence-electron chi connectivity index (χ0n) is 18.4. The van der Waals surface area contributed by atoms with Crippen molar-refractivity contribution in [2.75, 3.05) is 25.6 Å². The van der Waals surface area contributed by atoms with Crippen LogP contribution in [0.25, 0.3) is 6.08 Å². The molecule has 0 N–H and O–H groups in total. The Kier molecular flexibility index (Phi) is 6.05. The van der Waals surface area contributed by atoms with Gasteiger partial charge in [-0.2, -0.15) is 0 Å². The van der Waals surface area contributed by atoms with Gasteiger partial charge < -0.3 is 9.64 Å². The fourth-order valence-electron chi connectivity index (χ4n) is 3.67. The lowest BCUT2D eigenvalue weighted by molar-refractivity contribution is -0.139. The summed E-state index contributed by atoms with van der Waals surface area (Å²) < 4.78 is 7.46. The molecule has 1 aliphatic heterocycles. The van der Waals surface area contributed by atoms with Crippen molar-refractivity contribution in [1.29, 1.82) is 0 Å². The van der Waals surface area contributed by atoms with Gasteiger partial charge in [-0.15, -0.1) is 0 Å². The number of aromatic nitrogens is 2. The molecule has 1 atom stereocenters. The number of ether oxygens (including phenoxy) is 1. The largest absolute Gasteiger partial charge is 0.463 e.